The standard InChI is InChI=1S/C15H13N3O4/c1-3-22-15(19)12-6-10-11-5-9(18(20)21)4-8(2)14(11)17-13(10)7-16-12/h4-7,17H,3H2,1-2H3. The highest BCUT2D eigenvalue weighted by Crippen LogP contribution is 2.31. The summed E-state index contributed by atoms with van der Waals surface area (Å²) in [5.41, 5.74) is 2.47. The maximum absolute atomic E-state index is 11.8. The highest BCUT2D eigenvalue weighted by Gasteiger charge is 2.16. The van der Waals surface area contributed by atoms with Crippen molar-refractivity contribution in [2.75, 3.05) is 6.61 Å². The second-order valence-corrected chi connectivity index (χ2v) is 4.90. The molecule has 3 rings (SSSR count). The van der Waals surface area contributed by atoms with Crippen molar-refractivity contribution in [2.24, 2.45) is 0 Å². The number of benzene rings is 1. The third-order valence-corrected chi connectivity index (χ3v) is 3.47. The number of nitrogens with zero attached hydrogens (tertiary/aromatic N) is 2. The highest BCUT2D eigenvalue weighted by atomic mass is 16.6. The van der Waals surface area contributed by atoms with Crippen LogP contribution in [0.3, 0.4) is 0 Å². The molecule has 1 N–H and O–H groups in total. The van der Waals surface area contributed by atoms with Gasteiger partial charge in [-0.2, -0.15) is 0 Å². The molecule has 0 saturated heterocycles. The molecule has 0 bridgehead atoms. The fourth-order valence-electron chi connectivity index (χ4n) is 2.48. The van der Waals surface area contributed by atoms with E-state index >= 15 is 0 Å². The lowest BCUT2D eigenvalue weighted by Gasteiger charge is -2.01. The first-order valence-electron chi connectivity index (χ1n) is 6.75. The molecule has 0 aliphatic heterocycles. The molecule has 22 heavy (non-hydrogen) atoms. The van der Waals surface area contributed by atoms with Crippen LogP contribution in [0.15, 0.2) is 24.4 Å². The van der Waals surface area contributed by atoms with Gasteiger partial charge in [-0.05, 0) is 25.5 Å². The van der Waals surface area contributed by atoms with Crippen LogP contribution in [0.5, 0.6) is 0 Å². The molecule has 0 spiro atoms. The molecule has 112 valence electrons. The van der Waals surface area contributed by atoms with Gasteiger partial charge in [0.1, 0.15) is 5.69 Å². The largest absolute Gasteiger partial charge is 0.461 e. The summed E-state index contributed by atoms with van der Waals surface area (Å²) in [6.45, 7) is 3.77. The molecule has 2 aromatic heterocycles. The number of non-ortho nitro benzene ring substituents is 1. The third-order valence-electron chi connectivity index (χ3n) is 3.47. The Morgan fingerprint density at radius 3 is 2.82 bits per heavy atom. The van der Waals surface area contributed by atoms with Crippen LogP contribution in [0.4, 0.5) is 5.69 Å². The number of nitro groups is 1. The molecule has 7 heteroatoms. The van der Waals surface area contributed by atoms with Crippen LogP contribution in [0.2, 0.25) is 0 Å². The van der Waals surface area contributed by atoms with E-state index < -0.39 is 10.9 Å². The van der Waals surface area contributed by atoms with Crippen LogP contribution < -0.4 is 0 Å². The number of carbonyl (C=O) groups excluding carboxylic acids is 1. The zero-order valence-corrected chi connectivity index (χ0v) is 12.0. The van der Waals surface area contributed by atoms with E-state index in [4.69, 9.17) is 4.74 Å². The van der Waals surface area contributed by atoms with E-state index in [0.29, 0.717) is 16.3 Å². The summed E-state index contributed by atoms with van der Waals surface area (Å²) in [5.74, 6) is -0.513. The van der Waals surface area contributed by atoms with Crippen molar-refractivity contribution in [1.29, 1.82) is 0 Å². The first-order valence-corrected chi connectivity index (χ1v) is 6.75. The van der Waals surface area contributed by atoms with Gasteiger partial charge < -0.3 is 9.72 Å². The first-order chi connectivity index (χ1) is 10.5. The molecule has 3 aromatic rings. The zero-order chi connectivity index (χ0) is 15.9. The zero-order valence-electron chi connectivity index (χ0n) is 12.0. The van der Waals surface area contributed by atoms with Gasteiger partial charge in [0.05, 0.1) is 23.2 Å². The SMILES string of the molecule is CCOC(=O)c1cc2c(cn1)[nH]c1c(C)cc([N+](=O)[O-])cc12. The van der Waals surface area contributed by atoms with Crippen LogP contribution in [-0.4, -0.2) is 27.5 Å². The summed E-state index contributed by atoms with van der Waals surface area (Å²) < 4.78 is 4.93. The molecular formula is C15H13N3O4. The average Bonchev–Trinajstić information content (AvgIpc) is 2.86. The van der Waals surface area contributed by atoms with Crippen molar-refractivity contribution < 1.29 is 14.5 Å². The number of nitro benzene ring substituents is 1. The quantitative estimate of drug-likeness (QED) is 0.455. The molecule has 2 heterocycles. The summed E-state index contributed by atoms with van der Waals surface area (Å²) in [6.07, 6.45) is 1.53. The normalized spacial score (nSPS) is 11.0. The van der Waals surface area contributed by atoms with Gasteiger partial charge in [-0.3, -0.25) is 10.1 Å². The van der Waals surface area contributed by atoms with E-state index in [1.54, 1.807) is 19.9 Å². The van der Waals surface area contributed by atoms with Gasteiger partial charge in [0.15, 0.2) is 0 Å². The van der Waals surface area contributed by atoms with E-state index in [2.05, 4.69) is 9.97 Å². The lowest BCUT2D eigenvalue weighted by Crippen LogP contribution is -2.06. The van der Waals surface area contributed by atoms with Crippen molar-refractivity contribution in [3.05, 3.63) is 45.8 Å². The number of hydrogen-bond acceptors (Lipinski definition) is 5. The van der Waals surface area contributed by atoms with Gasteiger partial charge in [-0.15, -0.1) is 0 Å². The summed E-state index contributed by atoms with van der Waals surface area (Å²) >= 11 is 0. The Kier molecular flexibility index (Phi) is 3.25. The maximum atomic E-state index is 11.8. The van der Waals surface area contributed by atoms with Gasteiger partial charge in [-0.1, -0.05) is 0 Å². The van der Waals surface area contributed by atoms with E-state index in [-0.39, 0.29) is 18.0 Å². The smallest absolute Gasteiger partial charge is 0.356 e. The number of hydrogen-bond donors (Lipinski definition) is 1. The minimum absolute atomic E-state index is 0.0143. The Hall–Kier alpha value is -2.96. The Morgan fingerprint density at radius 2 is 2.14 bits per heavy atom. The number of fused-ring (bicyclic) bond motifs is 3. The molecule has 0 amide bonds. The Balaban J connectivity index is 2.28. The average molecular weight is 299 g/mol. The second kappa shape index (κ2) is 5.10. The number of aryl methyl sites for hydroxylation is 1. The summed E-state index contributed by atoms with van der Waals surface area (Å²) in [5, 5.41) is 12.4. The van der Waals surface area contributed by atoms with Crippen LogP contribution >= 0.6 is 0 Å². The number of nitrogens with one attached hydrogen (secondary N) is 1. The predicted octanol–water partition coefficient (Wildman–Crippen LogP) is 3.11. The number of esters is 1. The fraction of sp³-hybridized carbons (Fsp3) is 0.200. The monoisotopic (exact) mass is 299 g/mol. The molecule has 0 aliphatic carbocycles. The van der Waals surface area contributed by atoms with Crippen LogP contribution in [-0.2, 0) is 4.74 Å². The van der Waals surface area contributed by atoms with Gasteiger partial charge in [0.25, 0.3) is 5.69 Å². The van der Waals surface area contributed by atoms with Gasteiger partial charge in [0.2, 0.25) is 0 Å². The van der Waals surface area contributed by atoms with Crippen molar-refractivity contribution in [1.82, 2.24) is 9.97 Å². The maximum Gasteiger partial charge on any atom is 0.356 e. The molecule has 0 unspecified atom stereocenters. The number of H-pyrrole nitrogens is 1. The Labute approximate surface area is 125 Å². The molecule has 1 aromatic carbocycles. The first kappa shape index (κ1) is 14.0. The second-order valence-electron chi connectivity index (χ2n) is 4.90. The Morgan fingerprint density at radius 1 is 1.36 bits per heavy atom. The van der Waals surface area contributed by atoms with E-state index in [1.165, 1.54) is 18.3 Å². The summed E-state index contributed by atoms with van der Waals surface area (Å²) in [6, 6.07) is 4.60. The number of rotatable bonds is 3. The fourth-order valence-corrected chi connectivity index (χ4v) is 2.48. The molecule has 0 atom stereocenters. The third kappa shape index (κ3) is 2.16. The lowest BCUT2D eigenvalue weighted by atomic mass is 10.1. The van der Waals surface area contributed by atoms with E-state index in [0.717, 1.165) is 11.1 Å². The number of aromatic amines is 1. The molecular weight excluding hydrogens is 286 g/mol. The summed E-state index contributed by atoms with van der Waals surface area (Å²) in [7, 11) is 0. The predicted molar refractivity (Wildman–Crippen MR) is 80.9 cm³/mol. The molecule has 7 nitrogen and oxygen atoms in total. The van der Waals surface area contributed by atoms with Crippen molar-refractivity contribution in [2.45, 2.75) is 13.8 Å². The topological polar surface area (TPSA) is 98.1 Å². The molecule has 0 fully saturated rings. The van der Waals surface area contributed by atoms with Crippen molar-refractivity contribution in [3.63, 3.8) is 0 Å². The number of carbonyl (C=O) groups is 1. The van der Waals surface area contributed by atoms with Crippen molar-refractivity contribution in [3.8, 4) is 0 Å². The molecule has 0 radical (unpaired) electrons. The summed E-state index contributed by atoms with van der Waals surface area (Å²) in [4.78, 5) is 29.6. The van der Waals surface area contributed by atoms with Gasteiger partial charge in [-0.25, -0.2) is 9.78 Å². The highest BCUT2D eigenvalue weighted by molar-refractivity contribution is 6.10. The minimum atomic E-state index is -0.513. The molecule has 0 saturated carbocycles. The van der Waals surface area contributed by atoms with E-state index in [1.807, 2.05) is 0 Å². The molecule has 0 aliphatic rings. The Bertz CT molecular complexity index is 914. The van der Waals surface area contributed by atoms with Gasteiger partial charge in [0, 0.05) is 28.4 Å². The number of aromatic nitrogens is 2. The van der Waals surface area contributed by atoms with Crippen LogP contribution in [0, 0.1) is 17.0 Å². The van der Waals surface area contributed by atoms with Gasteiger partial charge >= 0.3 is 5.97 Å². The lowest BCUT2D eigenvalue weighted by molar-refractivity contribution is -0.384. The van der Waals surface area contributed by atoms with Crippen LogP contribution in [0.1, 0.15) is 23.0 Å². The van der Waals surface area contributed by atoms with Crippen LogP contribution in [0.25, 0.3) is 21.8 Å². The minimum Gasteiger partial charge on any atom is -0.461 e. The number of pyridine rings is 1. The number of ether oxygens (including phenoxy) is 1. The van der Waals surface area contributed by atoms with Crippen molar-refractivity contribution >= 4 is 33.5 Å². The van der Waals surface area contributed by atoms with E-state index in [9.17, 15) is 14.9 Å².